The van der Waals surface area contributed by atoms with Crippen molar-refractivity contribution in [3.05, 3.63) is 29.6 Å². The van der Waals surface area contributed by atoms with Gasteiger partial charge in [0.1, 0.15) is 16.3 Å². The van der Waals surface area contributed by atoms with Gasteiger partial charge in [0.2, 0.25) is 10.0 Å². The number of nitrogens with one attached hydrogen (secondary N) is 2. The normalized spacial score (nSPS) is 17.8. The fourth-order valence-corrected chi connectivity index (χ4v) is 3.52. The molecule has 1 aromatic carbocycles. The lowest BCUT2D eigenvalue weighted by atomic mass is 10.2. The van der Waals surface area contributed by atoms with E-state index in [1.54, 1.807) is 11.8 Å². The molecular formula is C12H14F4N2O2S. The molecule has 2 rings (SSSR count). The van der Waals surface area contributed by atoms with Gasteiger partial charge in [-0.2, -0.15) is 17.9 Å². The van der Waals surface area contributed by atoms with Gasteiger partial charge >= 0.3 is 6.18 Å². The third kappa shape index (κ3) is 3.19. The smallest absolute Gasteiger partial charge is 0.316 e. The van der Waals surface area contributed by atoms with E-state index < -0.39 is 32.5 Å². The molecule has 0 atom stereocenters. The zero-order valence-electron chi connectivity index (χ0n) is 11.1. The van der Waals surface area contributed by atoms with Crippen molar-refractivity contribution >= 4 is 10.0 Å². The minimum absolute atomic E-state index is 0.271. The Morgan fingerprint density at radius 1 is 1.29 bits per heavy atom. The van der Waals surface area contributed by atoms with Gasteiger partial charge in [-0.1, -0.05) is 6.07 Å². The third-order valence-corrected chi connectivity index (χ3v) is 4.84. The molecular weight excluding hydrogens is 312 g/mol. The molecule has 0 saturated heterocycles. The molecule has 0 aromatic heterocycles. The quantitative estimate of drug-likeness (QED) is 0.813. The molecule has 1 aromatic rings. The Morgan fingerprint density at radius 2 is 1.90 bits per heavy atom. The molecule has 1 aliphatic carbocycles. The van der Waals surface area contributed by atoms with Crippen molar-refractivity contribution in [2.75, 3.05) is 7.05 Å². The van der Waals surface area contributed by atoms with E-state index in [2.05, 4.69) is 5.32 Å². The second-order valence-electron chi connectivity index (χ2n) is 4.98. The molecule has 0 spiro atoms. The van der Waals surface area contributed by atoms with E-state index >= 15 is 0 Å². The third-order valence-electron chi connectivity index (χ3n) is 3.29. The maximum Gasteiger partial charge on any atom is 0.407 e. The summed E-state index contributed by atoms with van der Waals surface area (Å²) >= 11 is 0. The fraction of sp³-hybridized carbons (Fsp3) is 0.500. The first-order chi connectivity index (χ1) is 9.61. The maximum atomic E-state index is 13.7. The highest BCUT2D eigenvalue weighted by Gasteiger charge is 2.65. The van der Waals surface area contributed by atoms with Crippen LogP contribution in [0.2, 0.25) is 0 Å². The first-order valence-electron chi connectivity index (χ1n) is 6.15. The van der Waals surface area contributed by atoms with Crippen molar-refractivity contribution in [2.24, 2.45) is 0 Å². The molecule has 21 heavy (non-hydrogen) atoms. The molecule has 0 aliphatic heterocycles. The molecule has 0 bridgehead atoms. The van der Waals surface area contributed by atoms with Crippen molar-refractivity contribution in [3.63, 3.8) is 0 Å². The molecule has 4 nitrogen and oxygen atoms in total. The van der Waals surface area contributed by atoms with Gasteiger partial charge in [0, 0.05) is 6.54 Å². The Bertz CT molecular complexity index is 639. The van der Waals surface area contributed by atoms with Crippen molar-refractivity contribution in [3.8, 4) is 0 Å². The summed E-state index contributed by atoms with van der Waals surface area (Å²) in [6, 6.07) is 3.32. The van der Waals surface area contributed by atoms with E-state index in [1.165, 1.54) is 6.07 Å². The molecule has 0 radical (unpaired) electrons. The van der Waals surface area contributed by atoms with Gasteiger partial charge in [-0.15, -0.1) is 0 Å². The second kappa shape index (κ2) is 5.22. The Kier molecular flexibility index (Phi) is 4.02. The van der Waals surface area contributed by atoms with Crippen LogP contribution in [-0.2, 0) is 16.6 Å². The zero-order valence-corrected chi connectivity index (χ0v) is 11.9. The number of alkyl halides is 3. The monoisotopic (exact) mass is 326 g/mol. The Balaban J connectivity index is 2.34. The topological polar surface area (TPSA) is 58.2 Å². The average molecular weight is 326 g/mol. The fourth-order valence-electron chi connectivity index (χ4n) is 1.95. The highest BCUT2D eigenvalue weighted by molar-refractivity contribution is 7.89. The molecule has 1 fully saturated rings. The Labute approximate surface area is 119 Å². The van der Waals surface area contributed by atoms with Crippen LogP contribution in [0.15, 0.2) is 23.1 Å². The van der Waals surface area contributed by atoms with Gasteiger partial charge < -0.3 is 5.32 Å². The average Bonchev–Trinajstić information content (AvgIpc) is 3.11. The second-order valence-corrected chi connectivity index (χ2v) is 6.63. The van der Waals surface area contributed by atoms with E-state index in [1.807, 2.05) is 0 Å². The van der Waals surface area contributed by atoms with Crippen LogP contribution in [0.3, 0.4) is 0 Å². The largest absolute Gasteiger partial charge is 0.407 e. The van der Waals surface area contributed by atoms with Gasteiger partial charge in [0.05, 0.1) is 0 Å². The van der Waals surface area contributed by atoms with E-state index in [9.17, 15) is 26.0 Å². The SMILES string of the molecule is CNCc1ccc(F)c(S(=O)(=O)NC2(C(F)(F)F)CC2)c1. The van der Waals surface area contributed by atoms with Crippen LogP contribution in [0.4, 0.5) is 17.6 Å². The van der Waals surface area contributed by atoms with Crippen molar-refractivity contribution in [1.29, 1.82) is 0 Å². The summed E-state index contributed by atoms with van der Waals surface area (Å²) in [5.74, 6) is -1.08. The standard InChI is InChI=1S/C12H14F4N2O2S/c1-17-7-8-2-3-9(13)10(6-8)21(19,20)18-11(4-5-11)12(14,15)16/h2-3,6,17-18H,4-5,7H2,1H3. The molecule has 118 valence electrons. The maximum absolute atomic E-state index is 13.7. The summed E-state index contributed by atoms with van der Waals surface area (Å²) in [7, 11) is -2.97. The van der Waals surface area contributed by atoms with Crippen LogP contribution in [-0.4, -0.2) is 27.2 Å². The van der Waals surface area contributed by atoms with Crippen LogP contribution >= 0.6 is 0 Å². The summed E-state index contributed by atoms with van der Waals surface area (Å²) in [6.45, 7) is 0.271. The Morgan fingerprint density at radius 3 is 2.38 bits per heavy atom. The minimum Gasteiger partial charge on any atom is -0.316 e. The van der Waals surface area contributed by atoms with Gasteiger partial charge in [0.15, 0.2) is 0 Å². The predicted octanol–water partition coefficient (Wildman–Crippen LogP) is 1.92. The number of sulfonamides is 1. The number of benzene rings is 1. The summed E-state index contributed by atoms with van der Waals surface area (Å²) in [5, 5.41) is 2.75. The lowest BCUT2D eigenvalue weighted by molar-refractivity contribution is -0.160. The van der Waals surface area contributed by atoms with Gasteiger partial charge in [0.25, 0.3) is 0 Å². The van der Waals surface area contributed by atoms with Crippen molar-refractivity contribution in [2.45, 2.75) is 36.0 Å². The van der Waals surface area contributed by atoms with Gasteiger partial charge in [-0.3, -0.25) is 0 Å². The van der Waals surface area contributed by atoms with Crippen LogP contribution in [0.5, 0.6) is 0 Å². The van der Waals surface area contributed by atoms with Crippen LogP contribution in [0.25, 0.3) is 0 Å². The molecule has 1 aliphatic rings. The molecule has 2 N–H and O–H groups in total. The number of rotatable bonds is 5. The first-order valence-corrected chi connectivity index (χ1v) is 7.63. The predicted molar refractivity (Wildman–Crippen MR) is 67.5 cm³/mol. The lowest BCUT2D eigenvalue weighted by Gasteiger charge is -2.21. The summed E-state index contributed by atoms with van der Waals surface area (Å²) in [6.07, 6.45) is -5.37. The molecule has 1 saturated carbocycles. The highest BCUT2D eigenvalue weighted by Crippen LogP contribution is 2.49. The number of hydrogen-bond acceptors (Lipinski definition) is 3. The first kappa shape index (κ1) is 16.2. The lowest BCUT2D eigenvalue weighted by Crippen LogP contribution is -2.47. The summed E-state index contributed by atoms with van der Waals surface area (Å²) in [4.78, 5) is -0.772. The van der Waals surface area contributed by atoms with E-state index in [0.717, 1.165) is 12.1 Å². The summed E-state index contributed by atoms with van der Waals surface area (Å²) < 4.78 is 77.8. The zero-order chi connectivity index (χ0) is 15.9. The highest BCUT2D eigenvalue weighted by atomic mass is 32.2. The van der Waals surface area contributed by atoms with E-state index in [-0.39, 0.29) is 19.4 Å². The van der Waals surface area contributed by atoms with Crippen molar-refractivity contribution in [1.82, 2.24) is 10.0 Å². The van der Waals surface area contributed by atoms with Crippen LogP contribution in [0.1, 0.15) is 18.4 Å². The molecule has 0 heterocycles. The number of hydrogen-bond donors (Lipinski definition) is 2. The van der Waals surface area contributed by atoms with E-state index in [0.29, 0.717) is 5.56 Å². The number of halogens is 4. The Hall–Kier alpha value is -1.19. The molecule has 0 amide bonds. The molecule has 0 unspecified atom stereocenters. The molecule has 9 heteroatoms. The van der Waals surface area contributed by atoms with E-state index in [4.69, 9.17) is 0 Å². The van der Waals surface area contributed by atoms with Crippen LogP contribution in [0, 0.1) is 5.82 Å². The van der Waals surface area contributed by atoms with Gasteiger partial charge in [-0.05, 0) is 37.6 Å². The minimum atomic E-state index is -4.70. The van der Waals surface area contributed by atoms with Gasteiger partial charge in [-0.25, -0.2) is 12.8 Å². The van der Waals surface area contributed by atoms with Crippen molar-refractivity contribution < 1.29 is 26.0 Å². The summed E-state index contributed by atoms with van der Waals surface area (Å²) in [5.41, 5.74) is -2.01. The van der Waals surface area contributed by atoms with Crippen LogP contribution < -0.4 is 10.0 Å².